The van der Waals surface area contributed by atoms with E-state index in [9.17, 15) is 14.3 Å². The molecule has 4 nitrogen and oxygen atoms in total. The predicted molar refractivity (Wildman–Crippen MR) is 110 cm³/mol. The average Bonchev–Trinajstić information content (AvgIpc) is 2.60. The first-order valence-electron chi connectivity index (χ1n) is 7.82. The van der Waals surface area contributed by atoms with Gasteiger partial charge in [0, 0.05) is 33.8 Å². The molecule has 7 heteroatoms. The van der Waals surface area contributed by atoms with Gasteiger partial charge in [-0.05, 0) is 43.5 Å². The number of rotatable bonds is 4. The van der Waals surface area contributed by atoms with E-state index >= 15 is 0 Å². The maximum atomic E-state index is 14.5. The molecule has 0 radical (unpaired) electrons. The second-order valence-electron chi connectivity index (χ2n) is 6.29. The second-order valence-corrected chi connectivity index (χ2v) is 7.99. The highest BCUT2D eigenvalue weighted by molar-refractivity contribution is 8.01. The van der Waals surface area contributed by atoms with Crippen molar-refractivity contribution < 1.29 is 14.3 Å². The van der Waals surface area contributed by atoms with Crippen LogP contribution in [0.5, 0.6) is 0 Å². The van der Waals surface area contributed by atoms with E-state index in [1.807, 2.05) is 24.3 Å². The number of carboxylic acid groups (broad SMARTS) is 1. The summed E-state index contributed by atoms with van der Waals surface area (Å²) in [5.74, 6) is -1.40. The summed E-state index contributed by atoms with van der Waals surface area (Å²) >= 11 is 1.23. The van der Waals surface area contributed by atoms with Crippen LogP contribution < -0.4 is 0 Å². The number of hydrogen-bond acceptors (Lipinski definition) is 4. The third-order valence-corrected chi connectivity index (χ3v) is 5.18. The van der Waals surface area contributed by atoms with Gasteiger partial charge < -0.3 is 5.11 Å². The quantitative estimate of drug-likeness (QED) is 0.625. The Bertz CT molecular complexity index is 1060. The summed E-state index contributed by atoms with van der Waals surface area (Å²) in [5, 5.41) is 19.8. The monoisotopic (exact) mass is 400 g/mol. The number of thioether (sulfide) groups is 1. The molecule has 2 aromatic carbocycles. The Balaban J connectivity index is 0.00000261. The summed E-state index contributed by atoms with van der Waals surface area (Å²) in [6, 6.07) is 11.7. The number of aliphatic carboxylic acids is 1. The van der Waals surface area contributed by atoms with Gasteiger partial charge in [-0.15, -0.1) is 11.8 Å². The number of pyridine rings is 1. The van der Waals surface area contributed by atoms with Crippen molar-refractivity contribution in [3.05, 3.63) is 60.2 Å². The fraction of sp³-hybridized carbons (Fsp3) is 0.150. The Labute approximate surface area is 167 Å². The Morgan fingerprint density at radius 2 is 1.93 bits per heavy atom. The fourth-order valence-electron chi connectivity index (χ4n) is 2.56. The molecule has 1 heterocycles. The highest BCUT2D eigenvalue weighted by Gasteiger charge is 2.28. The summed E-state index contributed by atoms with van der Waals surface area (Å²) in [5.41, 5.74) is 1.20. The molecule has 138 valence electrons. The maximum absolute atomic E-state index is 14.5. The molecular weight excluding hydrogens is 383 g/mol. The van der Waals surface area contributed by atoms with Gasteiger partial charge >= 0.3 is 5.97 Å². The predicted octanol–water partition coefficient (Wildman–Crippen LogP) is 4.98. The zero-order valence-electron chi connectivity index (χ0n) is 14.7. The first-order valence-corrected chi connectivity index (χ1v) is 8.63. The van der Waals surface area contributed by atoms with E-state index in [1.165, 1.54) is 17.8 Å². The van der Waals surface area contributed by atoms with E-state index in [1.54, 1.807) is 38.4 Å². The minimum Gasteiger partial charge on any atom is -0.480 e. The lowest BCUT2D eigenvalue weighted by Gasteiger charge is -2.19. The van der Waals surface area contributed by atoms with Crippen LogP contribution in [0, 0.1) is 17.1 Å². The van der Waals surface area contributed by atoms with Crippen LogP contribution in [0.2, 0.25) is 0 Å². The topological polar surface area (TPSA) is 74.0 Å². The molecule has 0 aliphatic carbocycles. The van der Waals surface area contributed by atoms with Crippen LogP contribution in [0.25, 0.3) is 21.9 Å². The van der Waals surface area contributed by atoms with Crippen molar-refractivity contribution in [1.29, 1.82) is 5.26 Å². The molecule has 1 N–H and O–H groups in total. The van der Waals surface area contributed by atoms with Crippen molar-refractivity contribution in [1.82, 2.24) is 4.98 Å². The molecule has 3 aromatic rings. The first-order chi connectivity index (χ1) is 12.3. The standard InChI is InChI=1S/C20H15FN2O2S.H2S/c1-20(2,19(24)25)26-14-5-4-13-10-23-11-17(16(13)8-14)15-6-3-12(9-22)7-18(15)21;/h3-8,10-11H,1-2H3,(H,24,25);1H2. The Morgan fingerprint density at radius 3 is 2.56 bits per heavy atom. The average molecular weight is 401 g/mol. The Kier molecular flexibility index (Phi) is 6.14. The smallest absolute Gasteiger partial charge is 0.319 e. The van der Waals surface area contributed by atoms with Crippen molar-refractivity contribution in [3.8, 4) is 17.2 Å². The number of nitriles is 1. The summed E-state index contributed by atoms with van der Waals surface area (Å²) in [7, 11) is 0. The maximum Gasteiger partial charge on any atom is 0.319 e. The van der Waals surface area contributed by atoms with Crippen LogP contribution in [0.3, 0.4) is 0 Å². The summed E-state index contributed by atoms with van der Waals surface area (Å²) < 4.78 is 13.5. The van der Waals surface area contributed by atoms with Crippen LogP contribution in [0.15, 0.2) is 53.7 Å². The van der Waals surface area contributed by atoms with E-state index in [4.69, 9.17) is 5.26 Å². The lowest BCUT2D eigenvalue weighted by atomic mass is 9.99. The number of benzene rings is 2. The molecule has 0 aliphatic heterocycles. The lowest BCUT2D eigenvalue weighted by Crippen LogP contribution is -2.26. The molecule has 0 aliphatic rings. The van der Waals surface area contributed by atoms with Crippen molar-refractivity contribution in [2.45, 2.75) is 23.5 Å². The minimum absolute atomic E-state index is 0. The molecule has 0 unspecified atom stereocenters. The molecule has 0 atom stereocenters. The van der Waals surface area contributed by atoms with Crippen LogP contribution >= 0.6 is 25.3 Å². The summed E-state index contributed by atoms with van der Waals surface area (Å²) in [6.07, 6.45) is 3.25. The molecule has 0 spiro atoms. The zero-order valence-corrected chi connectivity index (χ0v) is 16.5. The second kappa shape index (κ2) is 7.99. The van der Waals surface area contributed by atoms with Crippen molar-refractivity contribution in [3.63, 3.8) is 0 Å². The molecule has 0 saturated heterocycles. The van der Waals surface area contributed by atoms with Crippen molar-refractivity contribution in [2.75, 3.05) is 0 Å². The van der Waals surface area contributed by atoms with Gasteiger partial charge in [0.2, 0.25) is 0 Å². The van der Waals surface area contributed by atoms with Crippen LogP contribution in [-0.2, 0) is 4.79 Å². The van der Waals surface area contributed by atoms with E-state index in [0.29, 0.717) is 11.1 Å². The van der Waals surface area contributed by atoms with Crippen molar-refractivity contribution in [2.24, 2.45) is 0 Å². The molecule has 27 heavy (non-hydrogen) atoms. The number of carboxylic acids is 1. The van der Waals surface area contributed by atoms with Gasteiger partial charge in [0.15, 0.2) is 0 Å². The van der Waals surface area contributed by atoms with Crippen LogP contribution in [-0.4, -0.2) is 20.8 Å². The molecule has 1 aromatic heterocycles. The SMILES string of the molecule is CC(C)(Sc1ccc2cncc(-c3ccc(C#N)cc3F)c2c1)C(=O)O.S. The largest absolute Gasteiger partial charge is 0.480 e. The number of fused-ring (bicyclic) bond motifs is 1. The van der Waals surface area contributed by atoms with Gasteiger partial charge in [-0.25, -0.2) is 4.39 Å². The lowest BCUT2D eigenvalue weighted by molar-refractivity contribution is -0.138. The highest BCUT2D eigenvalue weighted by Crippen LogP contribution is 2.37. The van der Waals surface area contributed by atoms with Crippen LogP contribution in [0.1, 0.15) is 19.4 Å². The Morgan fingerprint density at radius 1 is 1.19 bits per heavy atom. The van der Waals surface area contributed by atoms with E-state index < -0.39 is 16.5 Å². The summed E-state index contributed by atoms with van der Waals surface area (Å²) in [4.78, 5) is 16.3. The number of hydrogen-bond donors (Lipinski definition) is 1. The van der Waals surface area contributed by atoms with E-state index in [2.05, 4.69) is 4.98 Å². The number of aromatic nitrogens is 1. The molecule has 3 rings (SSSR count). The normalized spacial score (nSPS) is 10.9. The Hall–Kier alpha value is -2.56. The number of carbonyl (C=O) groups is 1. The van der Waals surface area contributed by atoms with Gasteiger partial charge in [0.05, 0.1) is 11.6 Å². The molecule has 0 bridgehead atoms. The third-order valence-electron chi connectivity index (χ3n) is 4.01. The number of halogens is 1. The highest BCUT2D eigenvalue weighted by atomic mass is 32.2. The minimum atomic E-state index is -0.986. The van der Waals surface area contributed by atoms with E-state index in [0.717, 1.165) is 15.7 Å². The van der Waals surface area contributed by atoms with Gasteiger partial charge in [-0.1, -0.05) is 12.1 Å². The summed E-state index contributed by atoms with van der Waals surface area (Å²) in [6.45, 7) is 3.27. The zero-order chi connectivity index (χ0) is 18.9. The molecule has 0 amide bonds. The molecule has 0 fully saturated rings. The van der Waals surface area contributed by atoms with Gasteiger partial charge in [0.25, 0.3) is 0 Å². The third kappa shape index (κ3) is 4.24. The van der Waals surface area contributed by atoms with E-state index in [-0.39, 0.29) is 19.1 Å². The molecule has 0 saturated carbocycles. The molecular formula is C20H17FN2O2S2. The first kappa shape index (κ1) is 20.7. The van der Waals surface area contributed by atoms with Gasteiger partial charge in [0.1, 0.15) is 10.6 Å². The van der Waals surface area contributed by atoms with Crippen molar-refractivity contribution >= 4 is 42.0 Å². The number of nitrogens with zero attached hydrogens (tertiary/aromatic N) is 2. The van der Waals surface area contributed by atoms with Gasteiger partial charge in [-0.2, -0.15) is 18.8 Å². The van der Waals surface area contributed by atoms with Crippen LogP contribution in [0.4, 0.5) is 4.39 Å². The fourth-order valence-corrected chi connectivity index (χ4v) is 3.55. The van der Waals surface area contributed by atoms with Gasteiger partial charge in [-0.3, -0.25) is 9.78 Å².